The first kappa shape index (κ1) is 13.0. The van der Waals surface area contributed by atoms with E-state index in [1.165, 1.54) is 7.11 Å². The van der Waals surface area contributed by atoms with Gasteiger partial charge in [0.15, 0.2) is 6.10 Å². The number of amides is 1. The normalized spacial score (nSPS) is 11.6. The van der Waals surface area contributed by atoms with E-state index in [1.807, 2.05) is 0 Å². The third-order valence-electron chi connectivity index (χ3n) is 2.09. The number of aliphatic hydroxyl groups excluding tert-OH is 1. The second kappa shape index (κ2) is 5.86. The Morgan fingerprint density at radius 3 is 2.65 bits per heavy atom. The molecule has 1 rings (SSSR count). The number of aliphatic hydroxyl groups is 1. The first-order chi connectivity index (χ1) is 8.06. The van der Waals surface area contributed by atoms with Gasteiger partial charge in [-0.1, -0.05) is 12.1 Å². The summed E-state index contributed by atoms with van der Waals surface area (Å²) in [4.78, 5) is 22.0. The molecule has 0 spiro atoms. The van der Waals surface area contributed by atoms with Crippen LogP contribution in [0.2, 0.25) is 0 Å². The van der Waals surface area contributed by atoms with Crippen molar-refractivity contribution in [1.29, 1.82) is 0 Å². The van der Waals surface area contributed by atoms with E-state index in [0.717, 1.165) is 0 Å². The first-order valence-electron chi connectivity index (χ1n) is 4.88. The molecule has 0 bridgehead atoms. The molecule has 17 heavy (non-hydrogen) atoms. The van der Waals surface area contributed by atoms with Gasteiger partial charge in [0, 0.05) is 0 Å². The number of para-hydroxylation sites is 1. The zero-order valence-corrected chi connectivity index (χ0v) is 9.21. The molecule has 0 saturated carbocycles. The van der Waals surface area contributed by atoms with Gasteiger partial charge in [-0.15, -0.1) is 0 Å². The Kier molecular flexibility index (Phi) is 4.47. The van der Waals surface area contributed by atoms with Gasteiger partial charge in [0.05, 0.1) is 19.2 Å². The van der Waals surface area contributed by atoms with Crippen LogP contribution in [0, 0.1) is 0 Å². The molecule has 0 saturated heterocycles. The van der Waals surface area contributed by atoms with Crippen molar-refractivity contribution in [2.24, 2.45) is 0 Å². The zero-order valence-electron chi connectivity index (χ0n) is 9.21. The number of carboxylic acids is 1. The lowest BCUT2D eigenvalue weighted by Crippen LogP contribution is -2.36. The third kappa shape index (κ3) is 3.46. The number of hydrogen-bond acceptors (Lipinski definition) is 4. The van der Waals surface area contributed by atoms with Gasteiger partial charge >= 0.3 is 5.97 Å². The van der Waals surface area contributed by atoms with Crippen molar-refractivity contribution >= 4 is 11.9 Å². The van der Waals surface area contributed by atoms with E-state index >= 15 is 0 Å². The fourth-order valence-electron chi connectivity index (χ4n) is 1.20. The first-order valence-corrected chi connectivity index (χ1v) is 4.88. The molecule has 0 fully saturated rings. The summed E-state index contributed by atoms with van der Waals surface area (Å²) in [6, 6.07) is 6.52. The molecule has 6 nitrogen and oxygen atoms in total. The van der Waals surface area contributed by atoms with Crippen molar-refractivity contribution in [3.8, 4) is 5.75 Å². The van der Waals surface area contributed by atoms with Gasteiger partial charge in [0.2, 0.25) is 0 Å². The topological polar surface area (TPSA) is 95.9 Å². The molecular weight excluding hydrogens is 226 g/mol. The number of hydrogen-bond donors (Lipinski definition) is 3. The summed E-state index contributed by atoms with van der Waals surface area (Å²) in [5.74, 6) is -1.50. The maximum Gasteiger partial charge on any atom is 0.334 e. The van der Waals surface area contributed by atoms with Crippen LogP contribution in [0.15, 0.2) is 24.3 Å². The number of aliphatic carboxylic acids is 1. The third-order valence-corrected chi connectivity index (χ3v) is 2.09. The number of carboxylic acid groups (broad SMARTS) is 1. The van der Waals surface area contributed by atoms with Gasteiger partial charge in [-0.2, -0.15) is 0 Å². The molecule has 0 aliphatic carbocycles. The molecule has 3 N–H and O–H groups in total. The van der Waals surface area contributed by atoms with Gasteiger partial charge in [0.25, 0.3) is 5.91 Å². The Morgan fingerprint density at radius 1 is 1.41 bits per heavy atom. The van der Waals surface area contributed by atoms with E-state index in [4.69, 9.17) is 14.9 Å². The van der Waals surface area contributed by atoms with Gasteiger partial charge in [-0.05, 0) is 12.1 Å². The number of nitrogens with one attached hydrogen (secondary N) is 1. The molecule has 1 aromatic rings. The minimum atomic E-state index is -1.62. The van der Waals surface area contributed by atoms with Crippen molar-refractivity contribution in [2.75, 3.05) is 13.7 Å². The SMILES string of the molecule is COc1ccccc1C(=O)NCC(O)C(=O)O. The van der Waals surface area contributed by atoms with Crippen molar-refractivity contribution in [1.82, 2.24) is 5.32 Å². The minimum Gasteiger partial charge on any atom is -0.496 e. The molecule has 0 heterocycles. The maximum atomic E-state index is 11.7. The van der Waals surface area contributed by atoms with Crippen molar-refractivity contribution < 1.29 is 24.5 Å². The molecule has 1 aromatic carbocycles. The van der Waals surface area contributed by atoms with Crippen LogP contribution in [0.1, 0.15) is 10.4 Å². The Hall–Kier alpha value is -2.08. The lowest BCUT2D eigenvalue weighted by Gasteiger charge is -2.10. The second-order valence-electron chi connectivity index (χ2n) is 3.26. The van der Waals surface area contributed by atoms with Crippen LogP contribution in [0.4, 0.5) is 0 Å². The van der Waals surface area contributed by atoms with Gasteiger partial charge < -0.3 is 20.3 Å². The number of methoxy groups -OCH3 is 1. The van der Waals surface area contributed by atoms with Crippen molar-refractivity contribution in [3.05, 3.63) is 29.8 Å². The van der Waals surface area contributed by atoms with Crippen molar-refractivity contribution in [3.63, 3.8) is 0 Å². The highest BCUT2D eigenvalue weighted by Gasteiger charge is 2.16. The summed E-state index contributed by atoms with van der Waals surface area (Å²) in [6.45, 7) is -0.355. The van der Waals surface area contributed by atoms with Gasteiger partial charge in [0.1, 0.15) is 5.75 Å². The van der Waals surface area contributed by atoms with Gasteiger partial charge in [-0.25, -0.2) is 4.79 Å². The summed E-state index contributed by atoms with van der Waals surface area (Å²) >= 11 is 0. The quantitative estimate of drug-likeness (QED) is 0.665. The zero-order chi connectivity index (χ0) is 12.8. The highest BCUT2D eigenvalue weighted by molar-refractivity contribution is 5.97. The standard InChI is InChI=1S/C11H13NO5/c1-17-9-5-3-2-4-7(9)10(14)12-6-8(13)11(15)16/h2-5,8,13H,6H2,1H3,(H,12,14)(H,15,16). The smallest absolute Gasteiger partial charge is 0.334 e. The predicted molar refractivity (Wildman–Crippen MR) is 59.0 cm³/mol. The molecule has 1 atom stereocenters. The van der Waals surface area contributed by atoms with Crippen LogP contribution in [0.25, 0.3) is 0 Å². The Morgan fingerprint density at radius 2 is 2.06 bits per heavy atom. The van der Waals surface area contributed by atoms with Gasteiger partial charge in [-0.3, -0.25) is 4.79 Å². The lowest BCUT2D eigenvalue weighted by molar-refractivity contribution is -0.146. The largest absolute Gasteiger partial charge is 0.496 e. The van der Waals surface area contributed by atoms with Crippen LogP contribution < -0.4 is 10.1 Å². The molecular formula is C11H13NO5. The van der Waals surface area contributed by atoms with E-state index < -0.39 is 18.0 Å². The summed E-state index contributed by atoms with van der Waals surface area (Å²) in [5, 5.41) is 19.7. The van der Waals surface area contributed by atoms with Crippen LogP contribution >= 0.6 is 0 Å². The van der Waals surface area contributed by atoms with Crippen molar-refractivity contribution in [2.45, 2.75) is 6.10 Å². The summed E-state index contributed by atoms with van der Waals surface area (Å²) < 4.78 is 4.98. The van der Waals surface area contributed by atoms with E-state index in [2.05, 4.69) is 5.32 Å². The van der Waals surface area contributed by atoms with Crippen LogP contribution in [0.3, 0.4) is 0 Å². The summed E-state index contributed by atoms with van der Waals surface area (Å²) in [7, 11) is 1.43. The molecule has 0 aliphatic rings. The number of carbonyl (C=O) groups is 2. The number of benzene rings is 1. The highest BCUT2D eigenvalue weighted by atomic mass is 16.5. The molecule has 1 unspecified atom stereocenters. The van der Waals surface area contributed by atoms with Crippen LogP contribution in [-0.4, -0.2) is 41.8 Å². The highest BCUT2D eigenvalue weighted by Crippen LogP contribution is 2.16. The van der Waals surface area contributed by atoms with Crippen LogP contribution in [-0.2, 0) is 4.79 Å². The number of carbonyl (C=O) groups excluding carboxylic acids is 1. The second-order valence-corrected chi connectivity index (χ2v) is 3.26. The lowest BCUT2D eigenvalue weighted by atomic mass is 10.2. The number of ether oxygens (including phenoxy) is 1. The Balaban J connectivity index is 2.67. The Bertz CT molecular complexity index is 418. The average Bonchev–Trinajstić information content (AvgIpc) is 2.35. The average molecular weight is 239 g/mol. The molecule has 0 aliphatic heterocycles. The fraction of sp³-hybridized carbons (Fsp3) is 0.273. The van der Waals surface area contributed by atoms with E-state index in [0.29, 0.717) is 5.75 Å². The molecule has 92 valence electrons. The number of rotatable bonds is 5. The van der Waals surface area contributed by atoms with E-state index in [-0.39, 0.29) is 12.1 Å². The molecule has 6 heteroatoms. The van der Waals surface area contributed by atoms with E-state index in [1.54, 1.807) is 24.3 Å². The predicted octanol–water partition coefficient (Wildman–Crippen LogP) is -0.130. The van der Waals surface area contributed by atoms with Crippen LogP contribution in [0.5, 0.6) is 5.75 Å². The fourth-order valence-corrected chi connectivity index (χ4v) is 1.20. The molecule has 0 aromatic heterocycles. The minimum absolute atomic E-state index is 0.285. The molecule has 1 amide bonds. The maximum absolute atomic E-state index is 11.7. The van der Waals surface area contributed by atoms with E-state index in [9.17, 15) is 9.59 Å². The summed E-state index contributed by atoms with van der Waals surface area (Å²) in [6.07, 6.45) is -1.62. The molecule has 0 radical (unpaired) electrons. The Labute approximate surface area is 97.8 Å². The monoisotopic (exact) mass is 239 g/mol. The summed E-state index contributed by atoms with van der Waals surface area (Å²) in [5.41, 5.74) is 0.285.